The van der Waals surface area contributed by atoms with E-state index in [4.69, 9.17) is 0 Å². The summed E-state index contributed by atoms with van der Waals surface area (Å²) in [5.74, 6) is 0.570. The van der Waals surface area contributed by atoms with Gasteiger partial charge in [0.15, 0.2) is 5.78 Å². The zero-order valence-electron chi connectivity index (χ0n) is 17.0. The van der Waals surface area contributed by atoms with Gasteiger partial charge in [-0.05, 0) is 52.9 Å². The Morgan fingerprint density at radius 1 is 1.19 bits per heavy atom. The average Bonchev–Trinajstić information content (AvgIpc) is 3.23. The summed E-state index contributed by atoms with van der Waals surface area (Å²) < 4.78 is 2.61. The smallest absolute Gasteiger partial charge is 0.242 e. The monoisotopic (exact) mass is 490 g/mol. The molecule has 2 aliphatic rings. The Hall–Kier alpha value is -3.17. The Kier molecular flexibility index (Phi) is 4.38. The molecule has 9 heteroatoms. The molecule has 0 bridgehead atoms. The van der Waals surface area contributed by atoms with E-state index in [1.807, 2.05) is 34.9 Å². The van der Waals surface area contributed by atoms with E-state index in [1.165, 1.54) is 6.33 Å². The molecule has 8 nitrogen and oxygen atoms in total. The van der Waals surface area contributed by atoms with Gasteiger partial charge in [0.2, 0.25) is 5.91 Å². The maximum Gasteiger partial charge on any atom is 0.242 e. The second-order valence-electron chi connectivity index (χ2n) is 8.43. The van der Waals surface area contributed by atoms with Gasteiger partial charge in [0.05, 0.1) is 23.6 Å². The normalized spacial score (nSPS) is 23.9. The number of nitrogens with one attached hydrogen (secondary N) is 2. The summed E-state index contributed by atoms with van der Waals surface area (Å²) in [6.45, 7) is 0.200. The van der Waals surface area contributed by atoms with Crippen molar-refractivity contribution < 1.29 is 9.59 Å². The lowest BCUT2D eigenvalue weighted by molar-refractivity contribution is -0.123. The minimum atomic E-state index is -0.641. The van der Waals surface area contributed by atoms with Crippen molar-refractivity contribution in [2.24, 2.45) is 5.92 Å². The number of hydrogen-bond acceptors (Lipinski definition) is 6. The van der Waals surface area contributed by atoms with Crippen molar-refractivity contribution in [1.29, 1.82) is 0 Å². The van der Waals surface area contributed by atoms with Crippen LogP contribution in [0.3, 0.4) is 0 Å². The molecule has 6 rings (SSSR count). The highest BCUT2D eigenvalue weighted by Crippen LogP contribution is 2.52. The van der Waals surface area contributed by atoms with Crippen molar-refractivity contribution in [3.63, 3.8) is 0 Å². The summed E-state index contributed by atoms with van der Waals surface area (Å²) in [4.78, 5) is 39.1. The predicted molar refractivity (Wildman–Crippen MR) is 123 cm³/mol. The number of ketones is 1. The van der Waals surface area contributed by atoms with Crippen LogP contribution in [-0.4, -0.2) is 42.8 Å². The highest BCUT2D eigenvalue weighted by molar-refractivity contribution is 9.10. The Labute approximate surface area is 191 Å². The Bertz CT molecular complexity index is 1350. The van der Waals surface area contributed by atoms with E-state index in [1.54, 1.807) is 18.3 Å². The number of carbonyl (C=O) groups is 2. The van der Waals surface area contributed by atoms with Crippen LogP contribution in [-0.2, 0) is 16.1 Å². The van der Waals surface area contributed by atoms with Gasteiger partial charge in [-0.1, -0.05) is 24.3 Å². The topological polar surface area (TPSA) is 102 Å². The minimum absolute atomic E-state index is 0.0830. The first-order valence-electron chi connectivity index (χ1n) is 10.5. The number of anilines is 1. The standard InChI is InChI=1S/C23H19BrN6O2/c24-19-6-3-7-20(27-19)28-22(32)16-8-13-9-23(13,29-16)18(31)11-30-17-5-2-1-4-14(17)15-10-25-12-26-21(15)30/h1-7,10,12-13,16,29H,8-9,11H2,(H,27,28,32). The van der Waals surface area contributed by atoms with Gasteiger partial charge in [0, 0.05) is 17.0 Å². The zero-order valence-corrected chi connectivity index (χ0v) is 18.5. The lowest BCUT2D eigenvalue weighted by Gasteiger charge is -2.19. The lowest BCUT2D eigenvalue weighted by atomic mass is 10.1. The number of benzene rings is 1. The number of piperidine rings is 1. The molecule has 1 amide bonds. The molecule has 3 unspecified atom stereocenters. The van der Waals surface area contributed by atoms with E-state index in [9.17, 15) is 9.59 Å². The lowest BCUT2D eigenvalue weighted by Crippen LogP contribution is -2.47. The molecule has 160 valence electrons. The molecule has 3 aromatic heterocycles. The van der Waals surface area contributed by atoms with Crippen LogP contribution in [0.1, 0.15) is 12.8 Å². The van der Waals surface area contributed by atoms with Crippen molar-refractivity contribution in [2.45, 2.75) is 31.0 Å². The van der Waals surface area contributed by atoms with E-state index in [0.717, 1.165) is 28.4 Å². The van der Waals surface area contributed by atoms with Gasteiger partial charge in [-0.15, -0.1) is 0 Å². The number of nitrogens with zero attached hydrogens (tertiary/aromatic N) is 4. The number of pyridine rings is 1. The van der Waals surface area contributed by atoms with Crippen LogP contribution in [0.4, 0.5) is 5.82 Å². The van der Waals surface area contributed by atoms with Gasteiger partial charge in [-0.25, -0.2) is 15.0 Å². The summed E-state index contributed by atoms with van der Waals surface area (Å²) >= 11 is 3.31. The van der Waals surface area contributed by atoms with Crippen molar-refractivity contribution in [2.75, 3.05) is 5.32 Å². The first-order chi connectivity index (χ1) is 15.5. The number of halogens is 1. The number of rotatable bonds is 5. The fourth-order valence-corrected chi connectivity index (χ4v) is 5.30. The molecule has 0 spiro atoms. The first kappa shape index (κ1) is 19.5. The molecule has 2 N–H and O–H groups in total. The Morgan fingerprint density at radius 2 is 2.06 bits per heavy atom. The van der Waals surface area contributed by atoms with Crippen LogP contribution < -0.4 is 10.6 Å². The Balaban J connectivity index is 1.23. The van der Waals surface area contributed by atoms with Crippen molar-refractivity contribution >= 4 is 55.4 Å². The summed E-state index contributed by atoms with van der Waals surface area (Å²) in [6, 6.07) is 12.9. The molecule has 4 heterocycles. The molecule has 2 fully saturated rings. The molecule has 1 saturated heterocycles. The van der Waals surface area contributed by atoms with Crippen LogP contribution in [0.25, 0.3) is 21.9 Å². The molecule has 0 radical (unpaired) electrons. The number of hydrogen-bond donors (Lipinski definition) is 2. The quantitative estimate of drug-likeness (QED) is 0.416. The second-order valence-corrected chi connectivity index (χ2v) is 9.24. The molecule has 1 saturated carbocycles. The number of Topliss-reactive ketones (excluding diaryl/α,β-unsaturated/α-hetero) is 1. The predicted octanol–water partition coefficient (Wildman–Crippen LogP) is 3.07. The van der Waals surface area contributed by atoms with Gasteiger partial charge < -0.3 is 9.88 Å². The summed E-state index contributed by atoms with van der Waals surface area (Å²) in [7, 11) is 0. The fraction of sp³-hybridized carbons (Fsp3) is 0.261. The molecule has 1 aliphatic heterocycles. The van der Waals surface area contributed by atoms with Crippen LogP contribution in [0.15, 0.2) is 59.6 Å². The number of fused-ring (bicyclic) bond motifs is 4. The molecule has 1 aromatic carbocycles. The van der Waals surface area contributed by atoms with Gasteiger partial charge in [0.25, 0.3) is 0 Å². The van der Waals surface area contributed by atoms with E-state index in [2.05, 4.69) is 41.5 Å². The first-order valence-corrected chi connectivity index (χ1v) is 11.3. The highest BCUT2D eigenvalue weighted by Gasteiger charge is 2.65. The maximum absolute atomic E-state index is 13.5. The number of aromatic nitrogens is 4. The van der Waals surface area contributed by atoms with E-state index in [-0.39, 0.29) is 24.2 Å². The third-order valence-corrected chi connectivity index (χ3v) is 7.01. The fourth-order valence-electron chi connectivity index (χ4n) is 4.96. The zero-order chi connectivity index (χ0) is 21.9. The number of para-hydroxylation sites is 1. The molecule has 1 aliphatic carbocycles. The van der Waals surface area contributed by atoms with E-state index in [0.29, 0.717) is 16.8 Å². The molecule has 32 heavy (non-hydrogen) atoms. The largest absolute Gasteiger partial charge is 0.318 e. The van der Waals surface area contributed by atoms with Gasteiger partial charge in [-0.3, -0.25) is 14.9 Å². The summed E-state index contributed by atoms with van der Waals surface area (Å²) in [5, 5.41) is 8.13. The second kappa shape index (κ2) is 7.18. The van der Waals surface area contributed by atoms with Crippen molar-refractivity contribution in [1.82, 2.24) is 24.8 Å². The van der Waals surface area contributed by atoms with Crippen molar-refractivity contribution in [3.05, 3.63) is 59.6 Å². The van der Waals surface area contributed by atoms with E-state index >= 15 is 0 Å². The average molecular weight is 491 g/mol. The van der Waals surface area contributed by atoms with Crippen LogP contribution >= 0.6 is 15.9 Å². The molecule has 3 atom stereocenters. The molecular formula is C23H19BrN6O2. The van der Waals surface area contributed by atoms with Gasteiger partial charge >= 0.3 is 0 Å². The Morgan fingerprint density at radius 3 is 2.94 bits per heavy atom. The number of amides is 1. The molecule has 4 aromatic rings. The SMILES string of the molecule is O=C(Nc1cccc(Br)n1)C1CC2CC2(C(=O)Cn2c3ccccc3c3cncnc32)N1. The maximum atomic E-state index is 13.5. The van der Waals surface area contributed by atoms with Crippen LogP contribution in [0.5, 0.6) is 0 Å². The summed E-state index contributed by atoms with van der Waals surface area (Å²) in [5.41, 5.74) is 1.06. The van der Waals surface area contributed by atoms with Gasteiger partial charge in [-0.2, -0.15) is 0 Å². The molecular weight excluding hydrogens is 472 g/mol. The van der Waals surface area contributed by atoms with E-state index < -0.39 is 11.6 Å². The third kappa shape index (κ3) is 3.03. The summed E-state index contributed by atoms with van der Waals surface area (Å²) in [6.07, 6.45) is 4.69. The van der Waals surface area contributed by atoms with Gasteiger partial charge in [0.1, 0.15) is 22.4 Å². The highest BCUT2D eigenvalue weighted by atomic mass is 79.9. The van der Waals surface area contributed by atoms with Crippen molar-refractivity contribution in [3.8, 4) is 0 Å². The van der Waals surface area contributed by atoms with Crippen LogP contribution in [0.2, 0.25) is 0 Å². The minimum Gasteiger partial charge on any atom is -0.318 e. The number of carbonyl (C=O) groups excluding carboxylic acids is 2. The third-order valence-electron chi connectivity index (χ3n) is 6.57. The van der Waals surface area contributed by atoms with Crippen LogP contribution in [0, 0.1) is 5.92 Å².